The van der Waals surface area contributed by atoms with Crippen LogP contribution < -0.4 is 4.90 Å². The molecule has 1 aromatic rings. The van der Waals surface area contributed by atoms with Crippen LogP contribution in [-0.4, -0.2) is 46.7 Å². The number of hydrogen-bond donors (Lipinski definition) is 0. The lowest BCUT2D eigenvalue weighted by molar-refractivity contribution is 0.0690. The molecule has 0 bridgehead atoms. The van der Waals surface area contributed by atoms with Gasteiger partial charge >= 0.3 is 0 Å². The van der Waals surface area contributed by atoms with E-state index in [1.807, 2.05) is 17.0 Å². The molecular formula is C18H28N4O. The van der Waals surface area contributed by atoms with Crippen molar-refractivity contribution in [1.29, 1.82) is 0 Å². The van der Waals surface area contributed by atoms with Gasteiger partial charge in [0.25, 0.3) is 5.91 Å². The second-order valence-electron chi connectivity index (χ2n) is 7.00. The first-order chi connectivity index (χ1) is 11.2. The van der Waals surface area contributed by atoms with Gasteiger partial charge in [-0.2, -0.15) is 0 Å². The van der Waals surface area contributed by atoms with Crippen LogP contribution >= 0.6 is 0 Å². The van der Waals surface area contributed by atoms with E-state index < -0.39 is 0 Å². The summed E-state index contributed by atoms with van der Waals surface area (Å²) in [6.07, 6.45) is 7.04. The molecule has 0 N–H and O–H groups in total. The average molecular weight is 316 g/mol. The fraction of sp³-hybridized carbons (Fsp3) is 0.722. The Balaban J connectivity index is 1.68. The second kappa shape index (κ2) is 7.28. The molecule has 3 heterocycles. The van der Waals surface area contributed by atoms with Crippen molar-refractivity contribution in [2.75, 3.05) is 24.5 Å². The maximum absolute atomic E-state index is 12.5. The summed E-state index contributed by atoms with van der Waals surface area (Å²) in [5.41, 5.74) is 0.480. The van der Waals surface area contributed by atoms with Gasteiger partial charge in [0.2, 0.25) is 0 Å². The highest BCUT2D eigenvalue weighted by atomic mass is 16.2. The first-order valence-corrected chi connectivity index (χ1v) is 9.08. The third kappa shape index (κ3) is 3.65. The number of amides is 1. The maximum Gasteiger partial charge on any atom is 0.274 e. The number of carbonyl (C=O) groups is 1. The molecule has 0 saturated carbocycles. The lowest BCUT2D eigenvalue weighted by atomic mass is 9.99. The molecule has 23 heavy (non-hydrogen) atoms. The van der Waals surface area contributed by atoms with Gasteiger partial charge in [-0.3, -0.25) is 4.79 Å². The molecule has 5 heteroatoms. The molecule has 1 unspecified atom stereocenters. The van der Waals surface area contributed by atoms with Crippen molar-refractivity contribution in [3.05, 3.63) is 17.8 Å². The zero-order valence-corrected chi connectivity index (χ0v) is 14.4. The number of likely N-dealkylation sites (tertiary alicyclic amines) is 1. The van der Waals surface area contributed by atoms with Crippen LogP contribution in [0.1, 0.15) is 62.9 Å². The first kappa shape index (κ1) is 16.2. The molecule has 5 nitrogen and oxygen atoms in total. The molecule has 2 fully saturated rings. The molecule has 0 aromatic carbocycles. The molecular weight excluding hydrogens is 288 g/mol. The van der Waals surface area contributed by atoms with Gasteiger partial charge in [0.15, 0.2) is 11.5 Å². The molecule has 0 radical (unpaired) electrons. The summed E-state index contributed by atoms with van der Waals surface area (Å²) in [6.45, 7) is 7.20. The predicted octanol–water partition coefficient (Wildman–Crippen LogP) is 3.12. The van der Waals surface area contributed by atoms with Crippen molar-refractivity contribution in [2.24, 2.45) is 5.92 Å². The van der Waals surface area contributed by atoms with E-state index in [-0.39, 0.29) is 5.91 Å². The topological polar surface area (TPSA) is 49.3 Å². The van der Waals surface area contributed by atoms with Gasteiger partial charge in [-0.25, -0.2) is 0 Å². The summed E-state index contributed by atoms with van der Waals surface area (Å²) in [6, 6.07) is 4.38. The van der Waals surface area contributed by atoms with Gasteiger partial charge < -0.3 is 9.80 Å². The molecule has 2 aliphatic heterocycles. The van der Waals surface area contributed by atoms with Gasteiger partial charge in [-0.05, 0) is 56.6 Å². The van der Waals surface area contributed by atoms with Crippen LogP contribution in [0.2, 0.25) is 0 Å². The van der Waals surface area contributed by atoms with Crippen molar-refractivity contribution in [3.8, 4) is 0 Å². The van der Waals surface area contributed by atoms with Crippen LogP contribution in [0, 0.1) is 5.92 Å². The number of hydrogen-bond acceptors (Lipinski definition) is 4. The Kier molecular flexibility index (Phi) is 5.13. The zero-order chi connectivity index (χ0) is 16.2. The third-order valence-corrected chi connectivity index (χ3v) is 5.33. The Bertz CT molecular complexity index is 522. The molecule has 1 atom stereocenters. The molecule has 0 spiro atoms. The Morgan fingerprint density at radius 1 is 1.13 bits per heavy atom. The summed E-state index contributed by atoms with van der Waals surface area (Å²) >= 11 is 0. The predicted molar refractivity (Wildman–Crippen MR) is 91.6 cm³/mol. The fourth-order valence-corrected chi connectivity index (χ4v) is 3.69. The highest BCUT2D eigenvalue weighted by molar-refractivity contribution is 5.92. The van der Waals surface area contributed by atoms with Crippen LogP contribution in [0.15, 0.2) is 12.1 Å². The summed E-state index contributed by atoms with van der Waals surface area (Å²) < 4.78 is 0. The number of nitrogens with zero attached hydrogens (tertiary/aromatic N) is 4. The monoisotopic (exact) mass is 316 g/mol. The normalized spacial score (nSPS) is 23.1. The quantitative estimate of drug-likeness (QED) is 0.859. The number of rotatable bonds is 3. The number of aromatic nitrogens is 2. The SMILES string of the molecule is CCC1CCCCN1c1ccc(C(=O)N2CCC(C)CC2)nn1. The van der Waals surface area contributed by atoms with E-state index in [0.717, 1.165) is 50.6 Å². The van der Waals surface area contributed by atoms with Gasteiger partial charge in [0.1, 0.15) is 0 Å². The van der Waals surface area contributed by atoms with Crippen molar-refractivity contribution in [1.82, 2.24) is 15.1 Å². The lowest BCUT2D eigenvalue weighted by Gasteiger charge is -2.36. The van der Waals surface area contributed by atoms with Crippen molar-refractivity contribution < 1.29 is 4.79 Å². The summed E-state index contributed by atoms with van der Waals surface area (Å²) in [5.74, 6) is 1.67. The molecule has 1 aromatic heterocycles. The Labute approximate surface area is 139 Å². The molecule has 3 rings (SSSR count). The van der Waals surface area contributed by atoms with Gasteiger partial charge in [0.05, 0.1) is 0 Å². The van der Waals surface area contributed by atoms with Crippen LogP contribution in [0.3, 0.4) is 0 Å². The molecule has 126 valence electrons. The van der Waals surface area contributed by atoms with E-state index in [2.05, 4.69) is 28.9 Å². The number of carbonyl (C=O) groups excluding carboxylic acids is 1. The highest BCUT2D eigenvalue weighted by Gasteiger charge is 2.25. The van der Waals surface area contributed by atoms with Crippen molar-refractivity contribution in [3.63, 3.8) is 0 Å². The van der Waals surface area contributed by atoms with Gasteiger partial charge in [-0.1, -0.05) is 13.8 Å². The summed E-state index contributed by atoms with van der Waals surface area (Å²) in [7, 11) is 0. The van der Waals surface area contributed by atoms with Crippen molar-refractivity contribution >= 4 is 11.7 Å². The van der Waals surface area contributed by atoms with Crippen LogP contribution in [0.25, 0.3) is 0 Å². The molecule has 2 saturated heterocycles. The minimum absolute atomic E-state index is 0.0293. The second-order valence-corrected chi connectivity index (χ2v) is 7.00. The van der Waals surface area contributed by atoms with Gasteiger partial charge in [0, 0.05) is 25.7 Å². The summed E-state index contributed by atoms with van der Waals surface area (Å²) in [4.78, 5) is 16.8. The third-order valence-electron chi connectivity index (χ3n) is 5.33. The lowest BCUT2D eigenvalue weighted by Crippen LogP contribution is -2.40. The summed E-state index contributed by atoms with van der Waals surface area (Å²) in [5, 5.41) is 8.59. The van der Waals surface area contributed by atoms with Gasteiger partial charge in [-0.15, -0.1) is 10.2 Å². The van der Waals surface area contributed by atoms with E-state index in [4.69, 9.17) is 0 Å². The maximum atomic E-state index is 12.5. The number of anilines is 1. The van der Waals surface area contributed by atoms with E-state index in [9.17, 15) is 4.79 Å². The largest absolute Gasteiger partial charge is 0.352 e. The first-order valence-electron chi connectivity index (χ1n) is 9.08. The van der Waals surface area contributed by atoms with E-state index in [0.29, 0.717) is 11.7 Å². The smallest absolute Gasteiger partial charge is 0.274 e. The van der Waals surface area contributed by atoms with E-state index in [1.54, 1.807) is 0 Å². The van der Waals surface area contributed by atoms with Crippen LogP contribution in [0.4, 0.5) is 5.82 Å². The van der Waals surface area contributed by atoms with Crippen LogP contribution in [0.5, 0.6) is 0 Å². The standard InChI is InChI=1S/C18H28N4O/c1-3-15-6-4-5-11-22(15)17-8-7-16(19-20-17)18(23)21-12-9-14(2)10-13-21/h7-8,14-15H,3-6,9-13H2,1-2H3. The van der Waals surface area contributed by atoms with Crippen molar-refractivity contribution in [2.45, 2.75) is 58.4 Å². The average Bonchev–Trinajstić information content (AvgIpc) is 2.62. The Morgan fingerprint density at radius 2 is 1.91 bits per heavy atom. The Hall–Kier alpha value is -1.65. The zero-order valence-electron chi connectivity index (χ0n) is 14.4. The molecule has 0 aliphatic carbocycles. The van der Waals surface area contributed by atoms with Crippen LogP contribution in [-0.2, 0) is 0 Å². The molecule has 1 amide bonds. The van der Waals surface area contributed by atoms with E-state index >= 15 is 0 Å². The minimum atomic E-state index is 0.0293. The van der Waals surface area contributed by atoms with E-state index in [1.165, 1.54) is 19.3 Å². The Morgan fingerprint density at radius 3 is 2.57 bits per heavy atom. The minimum Gasteiger partial charge on any atom is -0.352 e. The fourth-order valence-electron chi connectivity index (χ4n) is 3.69. The molecule has 2 aliphatic rings. The number of piperidine rings is 2. The highest BCUT2D eigenvalue weighted by Crippen LogP contribution is 2.25.